The summed E-state index contributed by atoms with van der Waals surface area (Å²) in [6.07, 6.45) is 0.790. The number of hydrogen-bond acceptors (Lipinski definition) is 3. The fraction of sp³-hybridized carbons (Fsp3) is 0.312. The quantitative estimate of drug-likeness (QED) is 0.784. The molecule has 0 spiro atoms. The molecule has 2 heterocycles. The average molecular weight is 291 g/mol. The topological polar surface area (TPSA) is 39.4 Å². The number of ether oxygens (including phenoxy) is 1. The number of rotatable bonds is 2. The van der Waals surface area contributed by atoms with E-state index in [1.54, 1.807) is 13.0 Å². The molecule has 1 aliphatic rings. The molecule has 0 radical (unpaired) electrons. The summed E-state index contributed by atoms with van der Waals surface area (Å²) in [6, 6.07) is 3.54. The van der Waals surface area contributed by atoms with E-state index >= 15 is 0 Å². The Morgan fingerprint density at radius 2 is 1.95 bits per heavy atom. The molecule has 104 valence electrons. The van der Waals surface area contributed by atoms with Crippen LogP contribution in [-0.2, 0) is 6.42 Å². The minimum atomic E-state index is -0.0856. The third kappa shape index (κ3) is 1.93. The third-order valence-corrected chi connectivity index (χ3v) is 4.00. The second kappa shape index (κ2) is 4.67. The molecule has 3 rings (SSSR count). The standard InChI is InChI=1S/C16H15ClO3/c1-8-9(2)20-10(3)14(8)15(18)13-7-12(17)6-11-4-5-19-16(11)13/h6-7H,4-5H2,1-3H3. The van der Waals surface area contributed by atoms with Gasteiger partial charge in [-0.25, -0.2) is 0 Å². The van der Waals surface area contributed by atoms with E-state index in [0.29, 0.717) is 34.3 Å². The molecule has 0 fully saturated rings. The predicted molar refractivity (Wildman–Crippen MR) is 77.0 cm³/mol. The van der Waals surface area contributed by atoms with Crippen LogP contribution in [0, 0.1) is 20.8 Å². The fourth-order valence-electron chi connectivity index (χ4n) is 2.70. The molecule has 0 saturated carbocycles. The van der Waals surface area contributed by atoms with Crippen molar-refractivity contribution >= 4 is 17.4 Å². The lowest BCUT2D eigenvalue weighted by molar-refractivity contribution is 0.103. The van der Waals surface area contributed by atoms with Gasteiger partial charge in [0.2, 0.25) is 5.78 Å². The number of furan rings is 1. The van der Waals surface area contributed by atoms with Gasteiger partial charge in [-0.1, -0.05) is 11.6 Å². The Hall–Kier alpha value is -1.74. The van der Waals surface area contributed by atoms with Gasteiger partial charge in [0.05, 0.1) is 17.7 Å². The maximum atomic E-state index is 12.8. The molecule has 0 amide bonds. The highest BCUT2D eigenvalue weighted by Crippen LogP contribution is 2.35. The normalized spacial score (nSPS) is 13.2. The van der Waals surface area contributed by atoms with E-state index in [-0.39, 0.29) is 5.78 Å². The number of carbonyl (C=O) groups excluding carboxylic acids is 1. The summed E-state index contributed by atoms with van der Waals surface area (Å²) in [5.41, 5.74) is 3.01. The Bertz CT molecular complexity index is 713. The minimum Gasteiger partial charge on any atom is -0.492 e. The zero-order chi connectivity index (χ0) is 14.4. The largest absolute Gasteiger partial charge is 0.492 e. The van der Waals surface area contributed by atoms with Gasteiger partial charge in [0.15, 0.2) is 0 Å². The van der Waals surface area contributed by atoms with E-state index in [1.807, 2.05) is 19.9 Å². The van der Waals surface area contributed by atoms with Crippen molar-refractivity contribution in [3.63, 3.8) is 0 Å². The summed E-state index contributed by atoms with van der Waals surface area (Å²) < 4.78 is 11.1. The van der Waals surface area contributed by atoms with Gasteiger partial charge in [-0.05, 0) is 38.5 Å². The van der Waals surface area contributed by atoms with E-state index in [0.717, 1.165) is 23.3 Å². The highest BCUT2D eigenvalue weighted by atomic mass is 35.5. The van der Waals surface area contributed by atoms with E-state index in [4.69, 9.17) is 20.8 Å². The van der Waals surface area contributed by atoms with Crippen molar-refractivity contribution in [1.82, 2.24) is 0 Å². The SMILES string of the molecule is Cc1oc(C)c(C(=O)c2cc(Cl)cc3c2OCC3)c1C. The summed E-state index contributed by atoms with van der Waals surface area (Å²) in [6.45, 7) is 6.15. The average Bonchev–Trinajstić information content (AvgIpc) is 2.93. The first-order chi connectivity index (χ1) is 9.49. The molecule has 0 atom stereocenters. The zero-order valence-electron chi connectivity index (χ0n) is 11.7. The Kier molecular flexibility index (Phi) is 3.09. The molecule has 1 aliphatic heterocycles. The van der Waals surface area contributed by atoms with Crippen LogP contribution < -0.4 is 4.74 Å². The smallest absolute Gasteiger partial charge is 0.200 e. The van der Waals surface area contributed by atoms with Gasteiger partial charge in [-0.3, -0.25) is 4.79 Å². The van der Waals surface area contributed by atoms with Gasteiger partial charge in [0, 0.05) is 17.0 Å². The first-order valence-corrected chi connectivity index (χ1v) is 6.93. The molecule has 1 aromatic carbocycles. The molecule has 0 N–H and O–H groups in total. The highest BCUT2D eigenvalue weighted by molar-refractivity contribution is 6.31. The second-order valence-corrected chi connectivity index (χ2v) is 5.52. The zero-order valence-corrected chi connectivity index (χ0v) is 12.4. The first-order valence-electron chi connectivity index (χ1n) is 6.55. The molecule has 2 aromatic rings. The second-order valence-electron chi connectivity index (χ2n) is 5.08. The molecule has 3 nitrogen and oxygen atoms in total. The van der Waals surface area contributed by atoms with Crippen molar-refractivity contribution in [1.29, 1.82) is 0 Å². The molecular weight excluding hydrogens is 276 g/mol. The van der Waals surface area contributed by atoms with Crippen molar-refractivity contribution in [3.8, 4) is 5.75 Å². The van der Waals surface area contributed by atoms with Gasteiger partial charge < -0.3 is 9.15 Å². The number of benzene rings is 1. The number of fused-ring (bicyclic) bond motifs is 1. The van der Waals surface area contributed by atoms with Crippen LogP contribution in [0.2, 0.25) is 5.02 Å². The molecule has 0 bridgehead atoms. The molecular formula is C16H15ClO3. The third-order valence-electron chi connectivity index (χ3n) is 3.78. The van der Waals surface area contributed by atoms with Crippen molar-refractivity contribution in [3.05, 3.63) is 50.9 Å². The maximum absolute atomic E-state index is 12.8. The van der Waals surface area contributed by atoms with Crippen LogP contribution >= 0.6 is 11.6 Å². The highest BCUT2D eigenvalue weighted by Gasteiger charge is 2.26. The van der Waals surface area contributed by atoms with E-state index in [9.17, 15) is 4.79 Å². The lowest BCUT2D eigenvalue weighted by Gasteiger charge is -2.08. The Morgan fingerprint density at radius 1 is 1.20 bits per heavy atom. The van der Waals surface area contributed by atoms with Crippen LogP contribution in [0.25, 0.3) is 0 Å². The van der Waals surface area contributed by atoms with Crippen molar-refractivity contribution < 1.29 is 13.9 Å². The molecule has 0 saturated heterocycles. The van der Waals surface area contributed by atoms with E-state index in [1.165, 1.54) is 0 Å². The van der Waals surface area contributed by atoms with Crippen LogP contribution in [0.3, 0.4) is 0 Å². The van der Waals surface area contributed by atoms with Gasteiger partial charge >= 0.3 is 0 Å². The lowest BCUT2D eigenvalue weighted by atomic mass is 9.97. The first kappa shape index (κ1) is 13.3. The fourth-order valence-corrected chi connectivity index (χ4v) is 2.94. The Labute approximate surface area is 122 Å². The van der Waals surface area contributed by atoms with E-state index in [2.05, 4.69) is 0 Å². The molecule has 0 unspecified atom stereocenters. The number of ketones is 1. The maximum Gasteiger partial charge on any atom is 0.200 e. The summed E-state index contributed by atoms with van der Waals surface area (Å²) in [5, 5.41) is 0.563. The summed E-state index contributed by atoms with van der Waals surface area (Å²) in [5.74, 6) is 1.98. The number of hydrogen-bond donors (Lipinski definition) is 0. The number of halogens is 1. The van der Waals surface area contributed by atoms with Crippen molar-refractivity contribution in [2.24, 2.45) is 0 Å². The van der Waals surface area contributed by atoms with E-state index < -0.39 is 0 Å². The van der Waals surface area contributed by atoms with Crippen LogP contribution in [0.5, 0.6) is 5.75 Å². The number of aryl methyl sites for hydroxylation is 2. The van der Waals surface area contributed by atoms with Crippen LogP contribution in [0.4, 0.5) is 0 Å². The Balaban J connectivity index is 2.17. The van der Waals surface area contributed by atoms with Crippen molar-refractivity contribution in [2.75, 3.05) is 6.61 Å². The Morgan fingerprint density at radius 3 is 2.60 bits per heavy atom. The van der Waals surface area contributed by atoms with Crippen LogP contribution in [0.1, 0.15) is 38.6 Å². The summed E-state index contributed by atoms with van der Waals surface area (Å²) in [4.78, 5) is 12.8. The minimum absolute atomic E-state index is 0.0856. The van der Waals surface area contributed by atoms with Crippen LogP contribution in [0.15, 0.2) is 16.5 Å². The molecule has 20 heavy (non-hydrogen) atoms. The van der Waals surface area contributed by atoms with Crippen molar-refractivity contribution in [2.45, 2.75) is 27.2 Å². The van der Waals surface area contributed by atoms with Gasteiger partial charge in [-0.2, -0.15) is 0 Å². The van der Waals surface area contributed by atoms with Gasteiger partial charge in [0.1, 0.15) is 17.3 Å². The summed E-state index contributed by atoms with van der Waals surface area (Å²) in [7, 11) is 0. The molecule has 1 aromatic heterocycles. The molecule has 4 heteroatoms. The van der Waals surface area contributed by atoms with Gasteiger partial charge in [-0.15, -0.1) is 0 Å². The lowest BCUT2D eigenvalue weighted by Crippen LogP contribution is -2.06. The summed E-state index contributed by atoms with van der Waals surface area (Å²) >= 11 is 6.11. The van der Waals surface area contributed by atoms with Crippen LogP contribution in [-0.4, -0.2) is 12.4 Å². The van der Waals surface area contributed by atoms with Gasteiger partial charge in [0.25, 0.3) is 0 Å². The predicted octanol–water partition coefficient (Wildman–Crippen LogP) is 4.02. The monoisotopic (exact) mass is 290 g/mol. The molecule has 0 aliphatic carbocycles. The number of carbonyl (C=O) groups is 1.